The molecular weight excluding hydrogens is 392 g/mol. The van der Waals surface area contributed by atoms with E-state index in [2.05, 4.69) is 6.92 Å². The molecule has 0 atom stereocenters. The van der Waals surface area contributed by atoms with Crippen LogP contribution in [0.5, 0.6) is 0 Å². The third-order valence-electron chi connectivity index (χ3n) is 5.69. The lowest BCUT2D eigenvalue weighted by molar-refractivity contribution is -0.144. The predicted molar refractivity (Wildman–Crippen MR) is 126 cm³/mol. The van der Waals surface area contributed by atoms with Crippen molar-refractivity contribution in [3.8, 4) is 0 Å². The number of carboxylic acids is 1. The number of hydrogen-bond donors (Lipinski definition) is 1. The number of carboxylic acid groups (broad SMARTS) is 1. The first-order chi connectivity index (χ1) is 15.1. The van der Waals surface area contributed by atoms with E-state index in [0.717, 1.165) is 77.0 Å². The van der Waals surface area contributed by atoms with E-state index < -0.39 is 5.97 Å². The largest absolute Gasteiger partial charge is 0.481 e. The summed E-state index contributed by atoms with van der Waals surface area (Å²) in [6.45, 7) is 2.79. The minimum absolute atomic E-state index is 0.0656. The molecule has 0 heterocycles. The Morgan fingerprint density at radius 2 is 0.968 bits per heavy atom. The van der Waals surface area contributed by atoms with Gasteiger partial charge in [-0.05, 0) is 32.1 Å². The minimum atomic E-state index is -0.728. The number of rotatable bonds is 24. The minimum Gasteiger partial charge on any atom is -0.481 e. The molecule has 5 heteroatoms. The second-order valence-corrected chi connectivity index (χ2v) is 8.81. The summed E-state index contributed by atoms with van der Waals surface area (Å²) < 4.78 is 5.30. The summed E-state index contributed by atoms with van der Waals surface area (Å²) in [7, 11) is 0. The molecule has 5 nitrogen and oxygen atoms in total. The van der Waals surface area contributed by atoms with E-state index >= 15 is 0 Å². The first-order valence-electron chi connectivity index (χ1n) is 13.0. The van der Waals surface area contributed by atoms with Gasteiger partial charge in [-0.1, -0.05) is 84.0 Å². The van der Waals surface area contributed by atoms with Crippen molar-refractivity contribution in [3.05, 3.63) is 0 Å². The van der Waals surface area contributed by atoms with Crippen LogP contribution in [0.4, 0.5) is 0 Å². The molecule has 0 radical (unpaired) electrons. The van der Waals surface area contributed by atoms with Crippen LogP contribution in [0.15, 0.2) is 0 Å². The van der Waals surface area contributed by atoms with Crippen molar-refractivity contribution >= 4 is 17.7 Å². The van der Waals surface area contributed by atoms with Crippen molar-refractivity contribution < 1.29 is 24.2 Å². The zero-order chi connectivity index (χ0) is 23.0. The summed E-state index contributed by atoms with van der Waals surface area (Å²) in [4.78, 5) is 34.0. The maximum atomic E-state index is 11.9. The van der Waals surface area contributed by atoms with Crippen molar-refractivity contribution in [1.29, 1.82) is 0 Å². The van der Waals surface area contributed by atoms with Crippen LogP contribution in [-0.4, -0.2) is 29.4 Å². The summed E-state index contributed by atoms with van der Waals surface area (Å²) >= 11 is 0. The summed E-state index contributed by atoms with van der Waals surface area (Å²) in [5, 5.41) is 8.57. The first-order valence-corrected chi connectivity index (χ1v) is 13.0. The molecule has 0 aromatic rings. The molecule has 0 aliphatic rings. The summed E-state index contributed by atoms with van der Waals surface area (Å²) in [6, 6.07) is 0. The van der Waals surface area contributed by atoms with Gasteiger partial charge in [0.1, 0.15) is 5.78 Å². The SMILES string of the molecule is CCCCCCCCCOC(=O)CCCCCCCC(=O)CCCCCCCC(=O)O. The molecule has 0 saturated carbocycles. The van der Waals surface area contributed by atoms with Gasteiger partial charge in [0, 0.05) is 25.7 Å². The average Bonchev–Trinajstić information content (AvgIpc) is 2.74. The summed E-state index contributed by atoms with van der Waals surface area (Å²) in [5.41, 5.74) is 0. The number of ketones is 1. The third-order valence-corrected chi connectivity index (χ3v) is 5.69. The fraction of sp³-hybridized carbons (Fsp3) is 0.885. The van der Waals surface area contributed by atoms with Gasteiger partial charge in [0.2, 0.25) is 0 Å². The van der Waals surface area contributed by atoms with Crippen molar-refractivity contribution in [1.82, 2.24) is 0 Å². The maximum absolute atomic E-state index is 11.9. The zero-order valence-corrected chi connectivity index (χ0v) is 20.1. The lowest BCUT2D eigenvalue weighted by Crippen LogP contribution is -2.05. The molecule has 0 fully saturated rings. The fourth-order valence-corrected chi connectivity index (χ4v) is 3.69. The molecule has 0 bridgehead atoms. The molecule has 0 aromatic carbocycles. The molecule has 0 rings (SSSR count). The molecule has 0 spiro atoms. The van der Waals surface area contributed by atoms with Crippen molar-refractivity contribution in [2.45, 2.75) is 142 Å². The molecular formula is C26H48O5. The van der Waals surface area contributed by atoms with Crippen molar-refractivity contribution in [2.75, 3.05) is 6.61 Å². The molecule has 1 N–H and O–H groups in total. The summed E-state index contributed by atoms with van der Waals surface area (Å²) in [5.74, 6) is -0.447. The highest BCUT2D eigenvalue weighted by atomic mass is 16.5. The molecule has 31 heavy (non-hydrogen) atoms. The monoisotopic (exact) mass is 440 g/mol. The second-order valence-electron chi connectivity index (χ2n) is 8.81. The van der Waals surface area contributed by atoms with E-state index in [1.165, 1.54) is 32.1 Å². The van der Waals surface area contributed by atoms with Crippen LogP contribution in [0.2, 0.25) is 0 Å². The Kier molecular flexibility index (Phi) is 22.2. The van der Waals surface area contributed by atoms with Gasteiger partial charge in [0.15, 0.2) is 0 Å². The van der Waals surface area contributed by atoms with Crippen LogP contribution in [0, 0.1) is 0 Å². The maximum Gasteiger partial charge on any atom is 0.305 e. The Hall–Kier alpha value is -1.39. The topological polar surface area (TPSA) is 80.7 Å². The van der Waals surface area contributed by atoms with Crippen LogP contribution in [0.1, 0.15) is 142 Å². The molecule has 0 aromatic heterocycles. The Labute approximate surface area is 190 Å². The molecule has 0 amide bonds. The number of hydrogen-bond acceptors (Lipinski definition) is 4. The second kappa shape index (κ2) is 23.3. The van der Waals surface area contributed by atoms with Gasteiger partial charge >= 0.3 is 11.9 Å². The number of carbonyl (C=O) groups is 3. The summed E-state index contributed by atoms with van der Waals surface area (Å²) in [6.07, 6.45) is 20.3. The average molecular weight is 441 g/mol. The Balaban J connectivity index is 3.29. The zero-order valence-electron chi connectivity index (χ0n) is 20.1. The highest BCUT2D eigenvalue weighted by molar-refractivity contribution is 5.78. The van der Waals surface area contributed by atoms with Crippen molar-refractivity contribution in [2.24, 2.45) is 0 Å². The number of ether oxygens (including phenoxy) is 1. The predicted octanol–water partition coefficient (Wildman–Crippen LogP) is 7.40. The Bertz CT molecular complexity index is 447. The standard InChI is InChI=1S/C26H48O5/c1-2-3-4-5-6-13-18-23-31-26(30)22-17-12-8-10-15-20-24(27)19-14-9-7-11-16-21-25(28)29/h2-23H2,1H3,(H,28,29). The number of aliphatic carboxylic acids is 1. The van der Waals surface area contributed by atoms with E-state index in [-0.39, 0.29) is 12.4 Å². The molecule has 0 saturated heterocycles. The number of esters is 1. The lowest BCUT2D eigenvalue weighted by atomic mass is 10.0. The molecule has 182 valence electrons. The quantitative estimate of drug-likeness (QED) is 0.125. The van der Waals surface area contributed by atoms with Gasteiger partial charge in [0.05, 0.1) is 6.61 Å². The normalized spacial score (nSPS) is 10.9. The van der Waals surface area contributed by atoms with Gasteiger partial charge in [-0.15, -0.1) is 0 Å². The van der Waals surface area contributed by atoms with E-state index in [9.17, 15) is 14.4 Å². The van der Waals surface area contributed by atoms with Crippen LogP contribution >= 0.6 is 0 Å². The van der Waals surface area contributed by atoms with E-state index in [1.807, 2.05) is 0 Å². The highest BCUT2D eigenvalue weighted by Gasteiger charge is 2.04. The van der Waals surface area contributed by atoms with Gasteiger partial charge in [0.25, 0.3) is 0 Å². The Morgan fingerprint density at radius 1 is 0.548 bits per heavy atom. The van der Waals surface area contributed by atoms with E-state index in [4.69, 9.17) is 9.84 Å². The van der Waals surface area contributed by atoms with Crippen LogP contribution < -0.4 is 0 Å². The smallest absolute Gasteiger partial charge is 0.305 e. The molecule has 0 aliphatic heterocycles. The van der Waals surface area contributed by atoms with E-state index in [1.54, 1.807) is 0 Å². The van der Waals surface area contributed by atoms with Crippen LogP contribution in [-0.2, 0) is 19.1 Å². The number of Topliss-reactive ketones (excluding diaryl/α,β-unsaturated/α-hetero) is 1. The van der Waals surface area contributed by atoms with Gasteiger partial charge < -0.3 is 9.84 Å². The van der Waals surface area contributed by atoms with Gasteiger partial charge in [-0.3, -0.25) is 14.4 Å². The first kappa shape index (κ1) is 29.6. The van der Waals surface area contributed by atoms with Gasteiger partial charge in [-0.2, -0.15) is 0 Å². The van der Waals surface area contributed by atoms with Crippen molar-refractivity contribution in [3.63, 3.8) is 0 Å². The van der Waals surface area contributed by atoms with Gasteiger partial charge in [-0.25, -0.2) is 0 Å². The van der Waals surface area contributed by atoms with Crippen LogP contribution in [0.25, 0.3) is 0 Å². The third kappa shape index (κ3) is 24.7. The lowest BCUT2D eigenvalue weighted by Gasteiger charge is -2.05. The number of carbonyl (C=O) groups excluding carboxylic acids is 2. The Morgan fingerprint density at radius 3 is 1.48 bits per heavy atom. The van der Waals surface area contributed by atoms with E-state index in [0.29, 0.717) is 31.7 Å². The highest BCUT2D eigenvalue weighted by Crippen LogP contribution is 2.12. The molecule has 0 unspecified atom stereocenters. The fourth-order valence-electron chi connectivity index (χ4n) is 3.69. The van der Waals surface area contributed by atoms with Crippen LogP contribution in [0.3, 0.4) is 0 Å². The number of unbranched alkanes of at least 4 members (excludes halogenated alkanes) is 14. The molecule has 0 aliphatic carbocycles.